The maximum absolute atomic E-state index is 12.5. The Labute approximate surface area is 123 Å². The van der Waals surface area contributed by atoms with E-state index in [1.165, 1.54) is 0 Å². The number of aliphatic carboxylic acids is 1. The third kappa shape index (κ3) is 2.89. The second-order valence-corrected chi connectivity index (χ2v) is 6.04. The number of amides is 1. The molecular weight excluding hydrogens is 270 g/mol. The van der Waals surface area contributed by atoms with Crippen molar-refractivity contribution < 1.29 is 14.7 Å². The maximum atomic E-state index is 12.5. The fourth-order valence-electron chi connectivity index (χ4n) is 2.89. The number of carbonyl (C=O) groups is 2. The van der Waals surface area contributed by atoms with E-state index >= 15 is 0 Å². The zero-order valence-corrected chi connectivity index (χ0v) is 12.0. The molecule has 3 rings (SSSR count). The van der Waals surface area contributed by atoms with Crippen molar-refractivity contribution in [2.24, 2.45) is 11.8 Å². The number of carbonyl (C=O) groups excluding carboxylic acids is 1. The van der Waals surface area contributed by atoms with Crippen LogP contribution in [-0.2, 0) is 4.79 Å². The first kappa shape index (κ1) is 14.0. The summed E-state index contributed by atoms with van der Waals surface area (Å²) in [6, 6.07) is 1.64. The van der Waals surface area contributed by atoms with E-state index in [-0.39, 0.29) is 17.7 Å². The summed E-state index contributed by atoms with van der Waals surface area (Å²) in [6.07, 6.45) is 4.33. The molecule has 1 N–H and O–H groups in total. The molecule has 6 nitrogen and oxygen atoms in total. The van der Waals surface area contributed by atoms with E-state index in [1.807, 2.05) is 6.92 Å². The molecule has 1 saturated heterocycles. The Balaban J connectivity index is 1.71. The topological polar surface area (TPSA) is 83.4 Å². The summed E-state index contributed by atoms with van der Waals surface area (Å²) in [6.45, 7) is 2.83. The molecule has 0 bridgehead atoms. The van der Waals surface area contributed by atoms with Gasteiger partial charge in [-0.15, -0.1) is 0 Å². The second-order valence-electron chi connectivity index (χ2n) is 6.04. The Hall–Kier alpha value is -1.98. The van der Waals surface area contributed by atoms with Crippen molar-refractivity contribution in [2.75, 3.05) is 13.1 Å². The molecule has 1 aliphatic carbocycles. The quantitative estimate of drug-likeness (QED) is 0.912. The molecule has 0 radical (unpaired) electrons. The van der Waals surface area contributed by atoms with Gasteiger partial charge in [-0.1, -0.05) is 6.92 Å². The smallest absolute Gasteiger partial charge is 0.306 e. The van der Waals surface area contributed by atoms with Crippen LogP contribution in [0.3, 0.4) is 0 Å². The number of nitrogens with zero attached hydrogens (tertiary/aromatic N) is 3. The highest BCUT2D eigenvalue weighted by atomic mass is 16.4. The Morgan fingerprint density at radius 3 is 2.71 bits per heavy atom. The Morgan fingerprint density at radius 1 is 1.33 bits per heavy atom. The molecule has 1 aromatic rings. The van der Waals surface area contributed by atoms with Gasteiger partial charge in [0.15, 0.2) is 0 Å². The molecule has 2 heterocycles. The number of carboxylic acids is 1. The molecule has 21 heavy (non-hydrogen) atoms. The van der Waals surface area contributed by atoms with Crippen LogP contribution in [0.5, 0.6) is 0 Å². The van der Waals surface area contributed by atoms with Crippen molar-refractivity contribution in [3.63, 3.8) is 0 Å². The van der Waals surface area contributed by atoms with Crippen LogP contribution < -0.4 is 0 Å². The van der Waals surface area contributed by atoms with Gasteiger partial charge in [-0.3, -0.25) is 9.59 Å². The molecule has 1 saturated carbocycles. The molecular formula is C15H19N3O3. The van der Waals surface area contributed by atoms with Gasteiger partial charge in [-0.25, -0.2) is 9.97 Å². The minimum absolute atomic E-state index is 0.0371. The normalized spacial score (nSPS) is 25.7. The van der Waals surface area contributed by atoms with Crippen molar-refractivity contribution in [1.29, 1.82) is 0 Å². The molecule has 0 spiro atoms. The van der Waals surface area contributed by atoms with Crippen molar-refractivity contribution in [3.8, 4) is 0 Å². The van der Waals surface area contributed by atoms with Gasteiger partial charge in [-0.05, 0) is 31.2 Å². The first-order chi connectivity index (χ1) is 10.1. The number of hydrogen-bond donors (Lipinski definition) is 1. The molecule has 2 atom stereocenters. The van der Waals surface area contributed by atoms with Gasteiger partial charge in [0.2, 0.25) is 0 Å². The highest BCUT2D eigenvalue weighted by Crippen LogP contribution is 2.37. The minimum Gasteiger partial charge on any atom is -0.481 e. The first-order valence-corrected chi connectivity index (χ1v) is 7.41. The van der Waals surface area contributed by atoms with Crippen LogP contribution >= 0.6 is 0 Å². The van der Waals surface area contributed by atoms with E-state index in [1.54, 1.807) is 17.2 Å². The zero-order valence-electron chi connectivity index (χ0n) is 12.0. The third-order valence-electron chi connectivity index (χ3n) is 4.35. The predicted octanol–water partition coefficient (Wildman–Crippen LogP) is 1.54. The van der Waals surface area contributed by atoms with E-state index in [4.69, 9.17) is 5.11 Å². The number of carboxylic acid groups (broad SMARTS) is 1. The molecule has 1 aromatic heterocycles. The number of rotatable bonds is 3. The Kier molecular flexibility index (Phi) is 3.61. The Morgan fingerprint density at radius 2 is 2.10 bits per heavy atom. The van der Waals surface area contributed by atoms with Crippen LogP contribution in [0.1, 0.15) is 48.4 Å². The van der Waals surface area contributed by atoms with Gasteiger partial charge >= 0.3 is 5.97 Å². The van der Waals surface area contributed by atoms with E-state index in [0.717, 1.165) is 18.7 Å². The second kappa shape index (κ2) is 5.42. The molecule has 2 unspecified atom stereocenters. The van der Waals surface area contributed by atoms with E-state index in [2.05, 4.69) is 9.97 Å². The Bertz CT molecular complexity index is 571. The summed E-state index contributed by atoms with van der Waals surface area (Å²) in [5, 5.41) is 9.13. The monoisotopic (exact) mass is 289 g/mol. The summed E-state index contributed by atoms with van der Waals surface area (Å²) < 4.78 is 0. The molecule has 112 valence electrons. The fraction of sp³-hybridized carbons (Fsp3) is 0.600. The number of hydrogen-bond acceptors (Lipinski definition) is 4. The number of likely N-dealkylation sites (tertiary alicyclic amines) is 1. The standard InChI is InChI=1S/C15H19N3O3/c1-9-8-18(7-5-11(9)15(20)21)14(19)12-4-6-16-13(17-12)10-2-3-10/h4,6,9-11H,2-3,5,7-8H2,1H3,(H,20,21). The van der Waals surface area contributed by atoms with Gasteiger partial charge in [0.25, 0.3) is 5.91 Å². The van der Waals surface area contributed by atoms with Crippen LogP contribution in [0.2, 0.25) is 0 Å². The molecule has 6 heteroatoms. The van der Waals surface area contributed by atoms with Gasteiger partial charge in [0.05, 0.1) is 5.92 Å². The minimum atomic E-state index is -0.771. The van der Waals surface area contributed by atoms with Crippen LogP contribution in [0.15, 0.2) is 12.3 Å². The van der Waals surface area contributed by atoms with Gasteiger partial charge in [0, 0.05) is 25.2 Å². The van der Waals surface area contributed by atoms with E-state index in [9.17, 15) is 9.59 Å². The summed E-state index contributed by atoms with van der Waals surface area (Å²) in [5.74, 6) is -0.113. The molecule has 2 aliphatic rings. The molecule has 1 amide bonds. The fourth-order valence-corrected chi connectivity index (χ4v) is 2.89. The van der Waals surface area contributed by atoms with Gasteiger partial charge in [-0.2, -0.15) is 0 Å². The van der Waals surface area contributed by atoms with Crippen molar-refractivity contribution in [1.82, 2.24) is 14.9 Å². The van der Waals surface area contributed by atoms with Crippen molar-refractivity contribution in [3.05, 3.63) is 23.8 Å². The lowest BCUT2D eigenvalue weighted by Gasteiger charge is -2.34. The molecule has 1 aliphatic heterocycles. The zero-order chi connectivity index (χ0) is 15.0. The summed E-state index contributed by atoms with van der Waals surface area (Å²) >= 11 is 0. The van der Waals surface area contributed by atoms with Crippen LogP contribution in [0.4, 0.5) is 0 Å². The largest absolute Gasteiger partial charge is 0.481 e. The average Bonchev–Trinajstić information content (AvgIpc) is 3.31. The summed E-state index contributed by atoms with van der Waals surface area (Å²) in [5.41, 5.74) is 0.424. The lowest BCUT2D eigenvalue weighted by atomic mass is 9.87. The van der Waals surface area contributed by atoms with Gasteiger partial charge in [0.1, 0.15) is 11.5 Å². The lowest BCUT2D eigenvalue weighted by Crippen LogP contribution is -2.45. The third-order valence-corrected chi connectivity index (χ3v) is 4.35. The van der Waals surface area contributed by atoms with Crippen molar-refractivity contribution in [2.45, 2.75) is 32.1 Å². The van der Waals surface area contributed by atoms with Crippen molar-refractivity contribution >= 4 is 11.9 Å². The highest BCUT2D eigenvalue weighted by Gasteiger charge is 2.34. The highest BCUT2D eigenvalue weighted by molar-refractivity contribution is 5.92. The number of piperidine rings is 1. The van der Waals surface area contributed by atoms with Crippen LogP contribution in [-0.4, -0.2) is 44.9 Å². The summed E-state index contributed by atoms with van der Waals surface area (Å²) in [4.78, 5) is 33.9. The maximum Gasteiger partial charge on any atom is 0.306 e. The predicted molar refractivity (Wildman–Crippen MR) is 74.8 cm³/mol. The van der Waals surface area contributed by atoms with E-state index < -0.39 is 5.97 Å². The van der Waals surface area contributed by atoms with Crippen LogP contribution in [0, 0.1) is 11.8 Å². The number of aromatic nitrogens is 2. The summed E-state index contributed by atoms with van der Waals surface area (Å²) in [7, 11) is 0. The first-order valence-electron chi connectivity index (χ1n) is 7.41. The van der Waals surface area contributed by atoms with E-state index in [0.29, 0.717) is 31.1 Å². The van der Waals surface area contributed by atoms with Crippen LogP contribution in [0.25, 0.3) is 0 Å². The lowest BCUT2D eigenvalue weighted by molar-refractivity contribution is -0.145. The average molecular weight is 289 g/mol. The van der Waals surface area contributed by atoms with Gasteiger partial charge < -0.3 is 10.0 Å². The molecule has 2 fully saturated rings. The molecule has 0 aromatic carbocycles. The SMILES string of the molecule is CC1CN(C(=O)c2ccnc(C3CC3)n2)CCC1C(=O)O.